The molecule has 1 N–H and O–H groups in total. The lowest BCUT2D eigenvalue weighted by atomic mass is 9.96. The predicted octanol–water partition coefficient (Wildman–Crippen LogP) is 4.63. The maximum Gasteiger partial charge on any atom is 0.119 e. The maximum atomic E-state index is 5.31. The van der Waals surface area contributed by atoms with E-state index in [4.69, 9.17) is 4.74 Å². The van der Waals surface area contributed by atoms with Gasteiger partial charge in [-0.3, -0.25) is 0 Å². The van der Waals surface area contributed by atoms with Gasteiger partial charge in [-0.15, -0.1) is 0 Å². The minimum Gasteiger partial charge on any atom is -0.497 e. The minimum atomic E-state index is 0.879. The summed E-state index contributed by atoms with van der Waals surface area (Å²) in [4.78, 5) is 3.22. The first-order valence-corrected chi connectivity index (χ1v) is 6.70. The van der Waals surface area contributed by atoms with E-state index in [1.807, 2.05) is 18.3 Å². The second kappa shape index (κ2) is 5.25. The average molecular weight is 263 g/mol. The van der Waals surface area contributed by atoms with Gasteiger partial charge in [-0.05, 0) is 59.3 Å². The van der Waals surface area contributed by atoms with Crippen molar-refractivity contribution in [2.75, 3.05) is 7.11 Å². The van der Waals surface area contributed by atoms with Gasteiger partial charge in [0.1, 0.15) is 5.75 Å². The Kier molecular flexibility index (Phi) is 3.30. The first-order chi connectivity index (χ1) is 9.81. The van der Waals surface area contributed by atoms with Gasteiger partial charge in [0.05, 0.1) is 7.11 Å². The molecule has 2 heteroatoms. The molecular weight excluding hydrogens is 246 g/mol. The summed E-state index contributed by atoms with van der Waals surface area (Å²) in [6, 6.07) is 16.7. The Balaban J connectivity index is 2.08. The number of benzene rings is 2. The Bertz CT molecular complexity index is 768. The summed E-state index contributed by atoms with van der Waals surface area (Å²) in [5.74, 6) is 0.879. The van der Waals surface area contributed by atoms with Crippen LogP contribution < -0.4 is 4.74 Å². The van der Waals surface area contributed by atoms with E-state index in [-0.39, 0.29) is 0 Å². The van der Waals surface area contributed by atoms with Gasteiger partial charge in [0.2, 0.25) is 0 Å². The van der Waals surface area contributed by atoms with Crippen LogP contribution in [0, 0.1) is 0 Å². The van der Waals surface area contributed by atoms with Crippen LogP contribution in [0.1, 0.15) is 18.1 Å². The molecule has 1 heterocycles. The Morgan fingerprint density at radius 3 is 2.70 bits per heavy atom. The van der Waals surface area contributed by atoms with Crippen LogP contribution in [0.2, 0.25) is 0 Å². The molecule has 2 nitrogen and oxygen atoms in total. The molecule has 0 atom stereocenters. The number of hydrogen-bond donors (Lipinski definition) is 1. The molecule has 0 unspecified atom stereocenters. The standard InChI is InChI=1S/C18H17NO/c1-3-17(13-5-4-6-16(12-13)20-2)14-7-8-18-15(11-14)9-10-19-18/h3-12,19H,1-2H3. The predicted molar refractivity (Wildman–Crippen MR) is 84.0 cm³/mol. The van der Waals surface area contributed by atoms with Gasteiger partial charge in [0.15, 0.2) is 0 Å². The molecule has 0 saturated carbocycles. The summed E-state index contributed by atoms with van der Waals surface area (Å²) in [6.07, 6.45) is 4.11. The van der Waals surface area contributed by atoms with Gasteiger partial charge >= 0.3 is 0 Å². The molecular formula is C18H17NO. The van der Waals surface area contributed by atoms with E-state index in [0.29, 0.717) is 0 Å². The van der Waals surface area contributed by atoms with Gasteiger partial charge in [-0.1, -0.05) is 24.3 Å². The van der Waals surface area contributed by atoms with Crippen molar-refractivity contribution in [2.45, 2.75) is 6.92 Å². The monoisotopic (exact) mass is 263 g/mol. The van der Waals surface area contributed by atoms with Crippen LogP contribution in [-0.4, -0.2) is 12.1 Å². The van der Waals surface area contributed by atoms with Crippen LogP contribution in [0.15, 0.2) is 60.8 Å². The van der Waals surface area contributed by atoms with E-state index in [1.165, 1.54) is 22.1 Å². The molecule has 0 spiro atoms. The summed E-state index contributed by atoms with van der Waals surface area (Å²) in [5, 5.41) is 1.23. The van der Waals surface area contributed by atoms with E-state index in [9.17, 15) is 0 Å². The number of methoxy groups -OCH3 is 1. The number of aromatic amines is 1. The Hall–Kier alpha value is -2.48. The zero-order valence-electron chi connectivity index (χ0n) is 11.7. The molecule has 0 aliphatic carbocycles. The zero-order valence-corrected chi connectivity index (χ0v) is 11.7. The van der Waals surface area contributed by atoms with Crippen molar-refractivity contribution in [1.29, 1.82) is 0 Å². The molecule has 0 aliphatic heterocycles. The summed E-state index contributed by atoms with van der Waals surface area (Å²) < 4.78 is 5.31. The normalized spacial score (nSPS) is 11.8. The third-order valence-corrected chi connectivity index (χ3v) is 3.53. The number of fused-ring (bicyclic) bond motifs is 1. The fraction of sp³-hybridized carbons (Fsp3) is 0.111. The second-order valence-corrected chi connectivity index (χ2v) is 4.71. The Morgan fingerprint density at radius 1 is 1.05 bits per heavy atom. The average Bonchev–Trinajstić information content (AvgIpc) is 2.96. The van der Waals surface area contributed by atoms with Crippen molar-refractivity contribution in [3.8, 4) is 5.75 Å². The number of ether oxygens (including phenoxy) is 1. The van der Waals surface area contributed by atoms with Crippen molar-refractivity contribution in [3.63, 3.8) is 0 Å². The van der Waals surface area contributed by atoms with Gasteiger partial charge in [-0.25, -0.2) is 0 Å². The summed E-state index contributed by atoms with van der Waals surface area (Å²) in [7, 11) is 1.69. The molecule has 3 rings (SSSR count). The fourth-order valence-corrected chi connectivity index (χ4v) is 2.51. The van der Waals surface area contributed by atoms with Crippen LogP contribution in [0.3, 0.4) is 0 Å². The maximum absolute atomic E-state index is 5.31. The van der Waals surface area contributed by atoms with Gasteiger partial charge in [0.25, 0.3) is 0 Å². The highest BCUT2D eigenvalue weighted by atomic mass is 16.5. The van der Waals surface area contributed by atoms with Crippen LogP contribution >= 0.6 is 0 Å². The highest BCUT2D eigenvalue weighted by Crippen LogP contribution is 2.28. The van der Waals surface area contributed by atoms with Crippen molar-refractivity contribution in [1.82, 2.24) is 4.98 Å². The van der Waals surface area contributed by atoms with Gasteiger partial charge < -0.3 is 9.72 Å². The molecule has 20 heavy (non-hydrogen) atoms. The number of rotatable bonds is 3. The largest absolute Gasteiger partial charge is 0.497 e. The Labute approximate surface area is 118 Å². The number of aromatic nitrogens is 1. The third kappa shape index (κ3) is 2.21. The fourth-order valence-electron chi connectivity index (χ4n) is 2.51. The van der Waals surface area contributed by atoms with Crippen LogP contribution in [-0.2, 0) is 0 Å². The van der Waals surface area contributed by atoms with Gasteiger partial charge in [-0.2, -0.15) is 0 Å². The highest BCUT2D eigenvalue weighted by molar-refractivity contribution is 5.88. The SMILES string of the molecule is CC=C(c1cccc(OC)c1)c1ccc2[nH]ccc2c1. The Morgan fingerprint density at radius 2 is 1.90 bits per heavy atom. The lowest BCUT2D eigenvalue weighted by Gasteiger charge is -2.10. The van der Waals surface area contributed by atoms with Crippen molar-refractivity contribution in [2.24, 2.45) is 0 Å². The van der Waals surface area contributed by atoms with E-state index in [1.54, 1.807) is 7.11 Å². The molecule has 0 bridgehead atoms. The minimum absolute atomic E-state index is 0.879. The first kappa shape index (κ1) is 12.5. The topological polar surface area (TPSA) is 25.0 Å². The van der Waals surface area contributed by atoms with Gasteiger partial charge in [0, 0.05) is 11.7 Å². The molecule has 100 valence electrons. The second-order valence-electron chi connectivity index (χ2n) is 4.71. The van der Waals surface area contributed by atoms with Crippen molar-refractivity contribution < 1.29 is 4.74 Å². The number of allylic oxidation sites excluding steroid dienone is 1. The summed E-state index contributed by atoms with van der Waals surface area (Å²) in [5.41, 5.74) is 4.76. The van der Waals surface area contributed by atoms with Crippen LogP contribution in [0.4, 0.5) is 0 Å². The van der Waals surface area contributed by atoms with E-state index in [2.05, 4.69) is 54.4 Å². The van der Waals surface area contributed by atoms with Crippen molar-refractivity contribution in [3.05, 3.63) is 71.9 Å². The van der Waals surface area contributed by atoms with Crippen LogP contribution in [0.25, 0.3) is 16.5 Å². The summed E-state index contributed by atoms with van der Waals surface area (Å²) in [6.45, 7) is 2.07. The lowest BCUT2D eigenvalue weighted by Crippen LogP contribution is -1.89. The molecule has 2 aromatic carbocycles. The number of nitrogens with one attached hydrogen (secondary N) is 1. The zero-order chi connectivity index (χ0) is 13.9. The molecule has 3 aromatic rings. The van der Waals surface area contributed by atoms with E-state index in [0.717, 1.165) is 11.3 Å². The molecule has 0 amide bonds. The van der Waals surface area contributed by atoms with E-state index < -0.39 is 0 Å². The quantitative estimate of drug-likeness (QED) is 0.732. The third-order valence-electron chi connectivity index (χ3n) is 3.53. The highest BCUT2D eigenvalue weighted by Gasteiger charge is 2.06. The summed E-state index contributed by atoms with van der Waals surface area (Å²) >= 11 is 0. The molecule has 0 radical (unpaired) electrons. The lowest BCUT2D eigenvalue weighted by molar-refractivity contribution is 0.414. The molecule has 0 aliphatic rings. The smallest absolute Gasteiger partial charge is 0.119 e. The number of H-pyrrole nitrogens is 1. The number of hydrogen-bond acceptors (Lipinski definition) is 1. The van der Waals surface area contributed by atoms with Crippen molar-refractivity contribution >= 4 is 16.5 Å². The first-order valence-electron chi connectivity index (χ1n) is 6.70. The van der Waals surface area contributed by atoms with Crippen LogP contribution in [0.5, 0.6) is 5.75 Å². The molecule has 0 saturated heterocycles. The molecule has 0 fully saturated rings. The van der Waals surface area contributed by atoms with E-state index >= 15 is 0 Å². The molecule has 1 aromatic heterocycles.